The van der Waals surface area contributed by atoms with Gasteiger partial charge in [-0.1, -0.05) is 6.92 Å². The van der Waals surface area contributed by atoms with Gasteiger partial charge in [0.1, 0.15) is 6.26 Å². The smallest absolute Gasteiger partial charge is 0.335 e. The lowest BCUT2D eigenvalue weighted by atomic mass is 10.2. The van der Waals surface area contributed by atoms with Gasteiger partial charge in [0.15, 0.2) is 0 Å². The molecule has 15 heavy (non-hydrogen) atoms. The molecule has 0 saturated heterocycles. The van der Waals surface area contributed by atoms with Gasteiger partial charge in [-0.05, 0) is 12.5 Å². The molecular formula is C10H14N2O3. The fourth-order valence-corrected chi connectivity index (χ4v) is 1.08. The Morgan fingerprint density at radius 3 is 2.80 bits per heavy atom. The maximum atomic E-state index is 11.6. The summed E-state index contributed by atoms with van der Waals surface area (Å²) in [7, 11) is 0. The van der Waals surface area contributed by atoms with E-state index in [1.807, 2.05) is 6.92 Å². The van der Waals surface area contributed by atoms with Crippen molar-refractivity contribution in [3.63, 3.8) is 0 Å². The molecular weight excluding hydrogens is 196 g/mol. The second kappa shape index (κ2) is 5.31. The van der Waals surface area contributed by atoms with Gasteiger partial charge in [0.05, 0.1) is 5.56 Å². The van der Waals surface area contributed by atoms with E-state index < -0.39 is 5.63 Å². The molecule has 1 rings (SSSR count). The molecule has 5 nitrogen and oxygen atoms in total. The maximum absolute atomic E-state index is 11.6. The second-order valence-electron chi connectivity index (χ2n) is 3.16. The third kappa shape index (κ3) is 3.21. The number of carbonyl (C=O) groups is 1. The van der Waals surface area contributed by atoms with Crippen molar-refractivity contribution in [3.05, 3.63) is 34.4 Å². The number of nitrogens with one attached hydrogen (secondary N) is 1. The molecule has 0 spiro atoms. The predicted molar refractivity (Wildman–Crippen MR) is 55.6 cm³/mol. The minimum Gasteiger partial charge on any atom is -0.430 e. The Bertz CT molecular complexity index is 362. The van der Waals surface area contributed by atoms with Crippen LogP contribution in [0.25, 0.3) is 0 Å². The Kier molecular flexibility index (Phi) is 4.05. The minimum absolute atomic E-state index is 0.0515. The lowest BCUT2D eigenvalue weighted by molar-refractivity contribution is 0.0934. The van der Waals surface area contributed by atoms with Crippen molar-refractivity contribution >= 4 is 5.91 Å². The van der Waals surface area contributed by atoms with Gasteiger partial charge in [0, 0.05) is 18.7 Å². The summed E-state index contributed by atoms with van der Waals surface area (Å²) < 4.78 is 4.58. The van der Waals surface area contributed by atoms with Gasteiger partial charge in [-0.25, -0.2) is 4.79 Å². The Morgan fingerprint density at radius 1 is 1.60 bits per heavy atom. The monoisotopic (exact) mass is 210 g/mol. The summed E-state index contributed by atoms with van der Waals surface area (Å²) in [6.07, 6.45) is 1.90. The van der Waals surface area contributed by atoms with Crippen LogP contribution in [0.5, 0.6) is 0 Å². The van der Waals surface area contributed by atoms with E-state index in [0.29, 0.717) is 12.1 Å². The van der Waals surface area contributed by atoms with E-state index in [-0.39, 0.29) is 11.9 Å². The number of nitrogens with two attached hydrogens (primary N) is 1. The van der Waals surface area contributed by atoms with Crippen molar-refractivity contribution in [3.8, 4) is 0 Å². The van der Waals surface area contributed by atoms with Crippen LogP contribution in [-0.4, -0.2) is 18.5 Å². The number of hydrogen-bond acceptors (Lipinski definition) is 4. The number of carbonyl (C=O) groups excluding carboxylic acids is 1. The van der Waals surface area contributed by atoms with E-state index in [0.717, 1.165) is 12.7 Å². The first-order valence-electron chi connectivity index (χ1n) is 4.77. The number of rotatable bonds is 4. The van der Waals surface area contributed by atoms with Crippen molar-refractivity contribution in [2.45, 2.75) is 19.4 Å². The molecule has 1 atom stereocenters. The third-order valence-corrected chi connectivity index (χ3v) is 2.08. The molecule has 3 N–H and O–H groups in total. The highest BCUT2D eigenvalue weighted by atomic mass is 16.4. The van der Waals surface area contributed by atoms with Crippen molar-refractivity contribution in [2.75, 3.05) is 6.54 Å². The van der Waals surface area contributed by atoms with E-state index in [4.69, 9.17) is 5.73 Å². The van der Waals surface area contributed by atoms with Crippen LogP contribution in [0.2, 0.25) is 0 Å². The molecule has 0 aromatic carbocycles. The summed E-state index contributed by atoms with van der Waals surface area (Å²) >= 11 is 0. The van der Waals surface area contributed by atoms with Crippen molar-refractivity contribution in [1.29, 1.82) is 0 Å². The molecule has 0 aliphatic rings. The quantitative estimate of drug-likeness (QED) is 0.738. The van der Waals surface area contributed by atoms with Gasteiger partial charge in [0.25, 0.3) is 5.91 Å². The summed E-state index contributed by atoms with van der Waals surface area (Å²) in [5, 5.41) is 2.73. The van der Waals surface area contributed by atoms with Crippen molar-refractivity contribution < 1.29 is 9.21 Å². The number of hydrogen-bond donors (Lipinski definition) is 2. The average Bonchev–Trinajstić information content (AvgIpc) is 2.26. The van der Waals surface area contributed by atoms with Gasteiger partial charge in [-0.3, -0.25) is 4.79 Å². The molecule has 0 aliphatic heterocycles. The Morgan fingerprint density at radius 2 is 2.33 bits per heavy atom. The fraction of sp³-hybridized carbons (Fsp3) is 0.400. The van der Waals surface area contributed by atoms with E-state index in [1.165, 1.54) is 12.1 Å². The van der Waals surface area contributed by atoms with E-state index in [9.17, 15) is 9.59 Å². The zero-order valence-electron chi connectivity index (χ0n) is 8.53. The maximum Gasteiger partial charge on any atom is 0.335 e. The predicted octanol–water partition coefficient (Wildman–Crippen LogP) is 0.107. The largest absolute Gasteiger partial charge is 0.430 e. The summed E-state index contributed by atoms with van der Waals surface area (Å²) in [5.74, 6) is -0.281. The van der Waals surface area contributed by atoms with Gasteiger partial charge in [-0.2, -0.15) is 0 Å². The topological polar surface area (TPSA) is 85.3 Å². The molecule has 1 unspecified atom stereocenters. The SMILES string of the molecule is CCC(CN)NC(=O)c1ccc(=O)oc1. The van der Waals surface area contributed by atoms with Crippen LogP contribution in [-0.2, 0) is 0 Å². The summed E-state index contributed by atoms with van der Waals surface area (Å²) in [6.45, 7) is 2.32. The molecule has 1 amide bonds. The molecule has 0 radical (unpaired) electrons. The molecule has 0 fully saturated rings. The zero-order chi connectivity index (χ0) is 11.3. The average molecular weight is 210 g/mol. The Labute approximate surface area is 87.3 Å². The van der Waals surface area contributed by atoms with Crippen LogP contribution in [0.4, 0.5) is 0 Å². The molecule has 82 valence electrons. The van der Waals surface area contributed by atoms with Gasteiger partial charge in [0.2, 0.25) is 0 Å². The van der Waals surface area contributed by atoms with Gasteiger partial charge >= 0.3 is 5.63 Å². The highest BCUT2D eigenvalue weighted by Crippen LogP contribution is 1.97. The van der Waals surface area contributed by atoms with E-state index in [1.54, 1.807) is 0 Å². The Balaban J connectivity index is 2.68. The van der Waals surface area contributed by atoms with Crippen LogP contribution in [0.15, 0.2) is 27.6 Å². The van der Waals surface area contributed by atoms with Crippen LogP contribution < -0.4 is 16.7 Å². The summed E-state index contributed by atoms with van der Waals surface area (Å²) in [4.78, 5) is 22.2. The Hall–Kier alpha value is -1.62. The lowest BCUT2D eigenvalue weighted by Gasteiger charge is -2.13. The molecule has 0 bridgehead atoms. The number of amides is 1. The lowest BCUT2D eigenvalue weighted by Crippen LogP contribution is -2.39. The van der Waals surface area contributed by atoms with Crippen LogP contribution in [0.3, 0.4) is 0 Å². The van der Waals surface area contributed by atoms with Gasteiger partial charge in [-0.15, -0.1) is 0 Å². The minimum atomic E-state index is -0.475. The van der Waals surface area contributed by atoms with E-state index in [2.05, 4.69) is 9.73 Å². The first-order chi connectivity index (χ1) is 7.17. The highest BCUT2D eigenvalue weighted by molar-refractivity contribution is 5.93. The molecule has 1 aromatic rings. The zero-order valence-corrected chi connectivity index (χ0v) is 8.53. The van der Waals surface area contributed by atoms with Crippen molar-refractivity contribution in [1.82, 2.24) is 5.32 Å². The third-order valence-electron chi connectivity index (χ3n) is 2.08. The summed E-state index contributed by atoms with van der Waals surface area (Å²) in [5.41, 5.74) is 5.29. The fourth-order valence-electron chi connectivity index (χ4n) is 1.08. The normalized spacial score (nSPS) is 12.1. The van der Waals surface area contributed by atoms with Crippen LogP contribution >= 0.6 is 0 Å². The highest BCUT2D eigenvalue weighted by Gasteiger charge is 2.10. The molecule has 5 heteroatoms. The second-order valence-corrected chi connectivity index (χ2v) is 3.16. The first-order valence-corrected chi connectivity index (χ1v) is 4.77. The molecule has 1 aromatic heterocycles. The van der Waals surface area contributed by atoms with Gasteiger partial charge < -0.3 is 15.5 Å². The standard InChI is InChI=1S/C10H14N2O3/c1-2-8(5-11)12-10(14)7-3-4-9(13)15-6-7/h3-4,6,8H,2,5,11H2,1H3,(H,12,14). The van der Waals surface area contributed by atoms with Crippen LogP contribution in [0, 0.1) is 0 Å². The summed E-state index contributed by atoms with van der Waals surface area (Å²) in [6, 6.07) is 2.58. The molecule has 1 heterocycles. The first kappa shape index (κ1) is 11.5. The molecule has 0 saturated carbocycles. The van der Waals surface area contributed by atoms with Crippen LogP contribution in [0.1, 0.15) is 23.7 Å². The van der Waals surface area contributed by atoms with E-state index >= 15 is 0 Å². The molecule has 0 aliphatic carbocycles. The van der Waals surface area contributed by atoms with Crippen molar-refractivity contribution in [2.24, 2.45) is 5.73 Å².